The van der Waals surface area contributed by atoms with Crippen molar-refractivity contribution in [1.29, 1.82) is 5.26 Å². The topological polar surface area (TPSA) is 97.8 Å². The molecular formula is C25H20ClN3O4. The minimum Gasteiger partial charge on any atom is -0.478 e. The fourth-order valence-electron chi connectivity index (χ4n) is 3.69. The monoisotopic (exact) mass is 461 g/mol. The van der Waals surface area contributed by atoms with E-state index in [1.165, 1.54) is 18.2 Å². The van der Waals surface area contributed by atoms with Crippen molar-refractivity contribution < 1.29 is 19.1 Å². The van der Waals surface area contributed by atoms with Crippen LogP contribution in [0.5, 0.6) is 0 Å². The summed E-state index contributed by atoms with van der Waals surface area (Å²) in [4.78, 5) is 28.1. The molecular weight excluding hydrogens is 442 g/mol. The van der Waals surface area contributed by atoms with E-state index in [1.54, 1.807) is 23.1 Å². The molecule has 1 fully saturated rings. The quantitative estimate of drug-likeness (QED) is 0.442. The van der Waals surface area contributed by atoms with Crippen LogP contribution in [-0.4, -0.2) is 48.1 Å². The highest BCUT2D eigenvalue weighted by molar-refractivity contribution is 6.33. The van der Waals surface area contributed by atoms with Gasteiger partial charge in [0.25, 0.3) is 5.91 Å². The number of nitrogens with zero attached hydrogens (tertiary/aromatic N) is 3. The zero-order chi connectivity index (χ0) is 23.4. The van der Waals surface area contributed by atoms with Crippen LogP contribution < -0.4 is 4.90 Å². The number of benzene rings is 2. The number of para-hydroxylation sites is 1. The first-order chi connectivity index (χ1) is 16.0. The molecule has 8 heteroatoms. The number of halogens is 1. The Hall–Kier alpha value is -4.02. The largest absolute Gasteiger partial charge is 0.478 e. The molecule has 166 valence electrons. The van der Waals surface area contributed by atoms with Crippen molar-refractivity contribution in [3.8, 4) is 17.4 Å². The zero-order valence-electron chi connectivity index (χ0n) is 17.6. The Labute approximate surface area is 195 Å². The first-order valence-corrected chi connectivity index (χ1v) is 10.7. The third-order valence-electron chi connectivity index (χ3n) is 5.43. The summed E-state index contributed by atoms with van der Waals surface area (Å²) in [7, 11) is 0. The van der Waals surface area contributed by atoms with E-state index >= 15 is 0 Å². The van der Waals surface area contributed by atoms with E-state index < -0.39 is 5.97 Å². The molecule has 1 aliphatic rings. The van der Waals surface area contributed by atoms with Crippen molar-refractivity contribution >= 4 is 35.2 Å². The molecule has 2 heterocycles. The lowest BCUT2D eigenvalue weighted by molar-refractivity contribution is -0.126. The maximum absolute atomic E-state index is 12.9. The summed E-state index contributed by atoms with van der Waals surface area (Å²) in [6.07, 6.45) is 1.41. The number of aromatic carboxylic acids is 1. The van der Waals surface area contributed by atoms with Crippen LogP contribution in [-0.2, 0) is 4.79 Å². The molecule has 33 heavy (non-hydrogen) atoms. The molecule has 1 saturated heterocycles. The van der Waals surface area contributed by atoms with E-state index in [4.69, 9.17) is 16.0 Å². The number of carbonyl (C=O) groups excluding carboxylic acids is 1. The van der Waals surface area contributed by atoms with Crippen molar-refractivity contribution in [3.63, 3.8) is 0 Å². The van der Waals surface area contributed by atoms with Gasteiger partial charge in [-0.1, -0.05) is 29.8 Å². The molecule has 3 aromatic rings. The van der Waals surface area contributed by atoms with Crippen LogP contribution in [0.3, 0.4) is 0 Å². The standard InChI is InChI=1S/C25H20ClN3O4/c26-22-8-6-17(15-21(22)25(31)32)23-9-7-20(33-23)14-18(16-27)24(30)29-12-10-28(11-13-29)19-4-2-1-3-5-19/h1-9,14-15H,10-13H2,(H,31,32)/b18-14+. The van der Waals surface area contributed by atoms with Gasteiger partial charge in [0.05, 0.1) is 10.6 Å². The highest BCUT2D eigenvalue weighted by Crippen LogP contribution is 2.28. The van der Waals surface area contributed by atoms with E-state index in [9.17, 15) is 20.0 Å². The molecule has 0 saturated carbocycles. The first kappa shape index (κ1) is 22.2. The highest BCUT2D eigenvalue weighted by Gasteiger charge is 2.24. The number of amides is 1. The number of anilines is 1. The summed E-state index contributed by atoms with van der Waals surface area (Å²) in [6.45, 7) is 2.39. The second-order valence-corrected chi connectivity index (χ2v) is 7.89. The highest BCUT2D eigenvalue weighted by atomic mass is 35.5. The minimum absolute atomic E-state index is 0.0219. The molecule has 1 aliphatic heterocycles. The van der Waals surface area contributed by atoms with E-state index in [0.717, 1.165) is 5.69 Å². The second kappa shape index (κ2) is 9.63. The average Bonchev–Trinajstić information content (AvgIpc) is 3.31. The number of nitriles is 1. The summed E-state index contributed by atoms with van der Waals surface area (Å²) in [6, 6.07) is 19.8. The number of hydrogen-bond acceptors (Lipinski definition) is 5. The van der Waals surface area contributed by atoms with E-state index in [0.29, 0.717) is 43.3 Å². The number of hydrogen-bond donors (Lipinski definition) is 1. The summed E-state index contributed by atoms with van der Waals surface area (Å²) >= 11 is 5.92. The van der Waals surface area contributed by atoms with Crippen LogP contribution in [0, 0.1) is 11.3 Å². The number of furan rings is 1. The Morgan fingerprint density at radius 1 is 1.03 bits per heavy atom. The SMILES string of the molecule is N#C/C(=C\c1ccc(-c2ccc(Cl)c(C(=O)O)c2)o1)C(=O)N1CCN(c2ccccc2)CC1. The molecule has 0 unspecified atom stereocenters. The van der Waals surface area contributed by atoms with Gasteiger partial charge in [-0.3, -0.25) is 4.79 Å². The molecule has 0 bridgehead atoms. The molecule has 0 atom stereocenters. The number of carboxylic acids is 1. The van der Waals surface area contributed by atoms with Gasteiger partial charge in [-0.15, -0.1) is 0 Å². The molecule has 2 aromatic carbocycles. The molecule has 1 amide bonds. The molecule has 0 spiro atoms. The lowest BCUT2D eigenvalue weighted by Crippen LogP contribution is -2.49. The van der Waals surface area contributed by atoms with Gasteiger partial charge in [0.1, 0.15) is 23.2 Å². The van der Waals surface area contributed by atoms with Crippen LogP contribution in [0.15, 0.2) is 70.7 Å². The van der Waals surface area contributed by atoms with Gasteiger partial charge >= 0.3 is 5.97 Å². The van der Waals surface area contributed by atoms with Crippen molar-refractivity contribution in [1.82, 2.24) is 4.90 Å². The number of carbonyl (C=O) groups is 2. The van der Waals surface area contributed by atoms with Gasteiger partial charge in [-0.2, -0.15) is 5.26 Å². The van der Waals surface area contributed by atoms with Crippen LogP contribution in [0.1, 0.15) is 16.1 Å². The Bertz CT molecular complexity index is 1250. The van der Waals surface area contributed by atoms with Crippen LogP contribution in [0.25, 0.3) is 17.4 Å². The van der Waals surface area contributed by atoms with Gasteiger partial charge < -0.3 is 19.3 Å². The molecule has 0 radical (unpaired) electrons. The first-order valence-electron chi connectivity index (χ1n) is 10.3. The molecule has 1 aromatic heterocycles. The van der Waals surface area contributed by atoms with Crippen LogP contribution in [0.2, 0.25) is 5.02 Å². The predicted octanol–water partition coefficient (Wildman–Crippen LogP) is 4.55. The third-order valence-corrected chi connectivity index (χ3v) is 5.76. The zero-order valence-corrected chi connectivity index (χ0v) is 18.3. The van der Waals surface area contributed by atoms with Gasteiger partial charge in [0.15, 0.2) is 0 Å². The molecule has 1 N–H and O–H groups in total. The molecule has 4 rings (SSSR count). The lowest BCUT2D eigenvalue weighted by atomic mass is 10.1. The minimum atomic E-state index is -1.14. The fraction of sp³-hybridized carbons (Fsp3) is 0.160. The predicted molar refractivity (Wildman–Crippen MR) is 125 cm³/mol. The van der Waals surface area contributed by atoms with Crippen molar-refractivity contribution in [3.05, 3.63) is 82.6 Å². The maximum Gasteiger partial charge on any atom is 0.337 e. The fourth-order valence-corrected chi connectivity index (χ4v) is 3.89. The van der Waals surface area contributed by atoms with Crippen LogP contribution >= 0.6 is 11.6 Å². The second-order valence-electron chi connectivity index (χ2n) is 7.49. The molecule has 0 aliphatic carbocycles. The van der Waals surface area contributed by atoms with E-state index in [2.05, 4.69) is 4.90 Å². The van der Waals surface area contributed by atoms with E-state index in [1.807, 2.05) is 36.4 Å². The number of piperazine rings is 1. The smallest absolute Gasteiger partial charge is 0.337 e. The summed E-state index contributed by atoms with van der Waals surface area (Å²) in [5.74, 6) is -0.757. The Morgan fingerprint density at radius 2 is 1.76 bits per heavy atom. The Morgan fingerprint density at radius 3 is 2.42 bits per heavy atom. The Kier molecular flexibility index (Phi) is 6.48. The van der Waals surface area contributed by atoms with Gasteiger partial charge in [0, 0.05) is 43.5 Å². The Balaban J connectivity index is 1.47. The normalized spacial score (nSPS) is 14.1. The van der Waals surface area contributed by atoms with E-state index in [-0.39, 0.29) is 22.1 Å². The van der Waals surface area contributed by atoms with Crippen molar-refractivity contribution in [2.75, 3.05) is 31.1 Å². The van der Waals surface area contributed by atoms with Crippen LogP contribution in [0.4, 0.5) is 5.69 Å². The van der Waals surface area contributed by atoms with Crippen molar-refractivity contribution in [2.24, 2.45) is 0 Å². The van der Waals surface area contributed by atoms with Gasteiger partial charge in [0.2, 0.25) is 0 Å². The molecule has 7 nitrogen and oxygen atoms in total. The number of rotatable bonds is 5. The lowest BCUT2D eigenvalue weighted by Gasteiger charge is -2.36. The van der Waals surface area contributed by atoms with Gasteiger partial charge in [-0.25, -0.2) is 4.79 Å². The summed E-state index contributed by atoms with van der Waals surface area (Å²) < 4.78 is 5.75. The third kappa shape index (κ3) is 4.92. The van der Waals surface area contributed by atoms with Gasteiger partial charge in [-0.05, 0) is 42.5 Å². The maximum atomic E-state index is 12.9. The summed E-state index contributed by atoms with van der Waals surface area (Å²) in [5, 5.41) is 19.0. The number of carboxylic acid groups (broad SMARTS) is 1. The van der Waals surface area contributed by atoms with Crippen molar-refractivity contribution in [2.45, 2.75) is 0 Å². The summed E-state index contributed by atoms with van der Waals surface area (Å²) in [5.41, 5.74) is 1.58. The average molecular weight is 462 g/mol.